The third kappa shape index (κ3) is 6.20. The molecule has 0 fully saturated rings. The van der Waals surface area contributed by atoms with Gasteiger partial charge < -0.3 is 13.8 Å². The Kier molecular flexibility index (Phi) is 9.04. The average molecular weight is 937 g/mol. The molecule has 0 amide bonds. The fourth-order valence-electron chi connectivity index (χ4n) is 13.1. The van der Waals surface area contributed by atoms with Crippen molar-refractivity contribution in [2.24, 2.45) is 0 Å². The Hall–Kier alpha value is -8.34. The van der Waals surface area contributed by atoms with Gasteiger partial charge in [-0.1, -0.05) is 192 Å². The molecule has 73 heavy (non-hydrogen) atoms. The minimum Gasteiger partial charge on any atom is -0.455 e. The standard InChI is InChI=1S/C69H53BN2O/c1-41(2)45-34-46(69(3,4)5)37-47(35-45)71-61-39-56-54(33-43-22-10-7-11-23-43)50-27-15-14-26-49(50)53(32-42-20-8-6-9-21-42)55(56)38-59(61)70-66-62(71)40-57-51-28-17-19-31-63(51)73-68(57)65(66)58-36-44-24-12-13-25-48(44)64-52-29-16-18-30-60(52)72(70)67(58)64/h6-31,34-41H,32-33H2,1-5H3. The van der Waals surface area contributed by atoms with E-state index in [4.69, 9.17) is 4.42 Å². The fourth-order valence-corrected chi connectivity index (χ4v) is 13.1. The third-order valence-electron chi connectivity index (χ3n) is 16.5. The molecule has 2 aliphatic heterocycles. The van der Waals surface area contributed by atoms with Crippen LogP contribution in [0.2, 0.25) is 0 Å². The zero-order valence-electron chi connectivity index (χ0n) is 41.9. The highest BCUT2D eigenvalue weighted by Gasteiger charge is 2.45. The van der Waals surface area contributed by atoms with Gasteiger partial charge in [-0.15, -0.1) is 0 Å². The second kappa shape index (κ2) is 15.6. The van der Waals surface area contributed by atoms with Gasteiger partial charge in [0.05, 0.1) is 0 Å². The summed E-state index contributed by atoms with van der Waals surface area (Å²) in [6.45, 7) is 11.6. The molecule has 0 atom stereocenters. The van der Waals surface area contributed by atoms with Crippen LogP contribution in [-0.4, -0.2) is 11.3 Å². The quantitative estimate of drug-likeness (QED) is 0.122. The number of furan rings is 1. The lowest BCUT2D eigenvalue weighted by Crippen LogP contribution is -2.56. The Labute approximate surface area is 426 Å². The van der Waals surface area contributed by atoms with Crippen LogP contribution in [0.25, 0.3) is 87.2 Å². The van der Waals surface area contributed by atoms with Gasteiger partial charge in [0.25, 0.3) is 0 Å². The molecule has 0 bridgehead atoms. The summed E-state index contributed by atoms with van der Waals surface area (Å²) >= 11 is 0. The number of anilines is 3. The topological polar surface area (TPSA) is 21.3 Å². The first-order valence-corrected chi connectivity index (χ1v) is 26.1. The fraction of sp³-hybridized carbons (Fsp3) is 0.130. The predicted octanol–water partition coefficient (Wildman–Crippen LogP) is 17.2. The number of aromatic nitrogens is 1. The number of rotatable bonds is 6. The lowest BCUT2D eigenvalue weighted by Gasteiger charge is -2.41. The molecule has 2 aliphatic rings. The Bertz CT molecular complexity index is 4460. The summed E-state index contributed by atoms with van der Waals surface area (Å²) in [6.07, 6.45) is 1.63. The maximum absolute atomic E-state index is 7.25. The van der Waals surface area contributed by atoms with E-state index in [-0.39, 0.29) is 12.3 Å². The van der Waals surface area contributed by atoms with Crippen LogP contribution in [0.1, 0.15) is 73.9 Å². The molecular formula is C69H53BN2O. The summed E-state index contributed by atoms with van der Waals surface area (Å²) in [6, 6.07) is 75.8. The van der Waals surface area contributed by atoms with Crippen molar-refractivity contribution in [2.45, 2.75) is 58.8 Å². The molecule has 0 unspecified atom stereocenters. The van der Waals surface area contributed by atoms with Gasteiger partial charge in [-0.3, -0.25) is 0 Å². The van der Waals surface area contributed by atoms with Crippen LogP contribution in [0, 0.1) is 0 Å². The van der Waals surface area contributed by atoms with E-state index >= 15 is 0 Å². The summed E-state index contributed by atoms with van der Waals surface area (Å²) in [5.74, 6) is 0.327. The molecule has 13 aromatic rings. The summed E-state index contributed by atoms with van der Waals surface area (Å²) in [7, 11) is 0. The van der Waals surface area contributed by atoms with E-state index in [1.54, 1.807) is 0 Å². The van der Waals surface area contributed by atoms with Crippen molar-refractivity contribution in [1.82, 2.24) is 4.48 Å². The van der Waals surface area contributed by atoms with E-state index < -0.39 is 0 Å². The lowest BCUT2D eigenvalue weighted by molar-refractivity contribution is 0.588. The van der Waals surface area contributed by atoms with Crippen molar-refractivity contribution in [1.29, 1.82) is 0 Å². The molecule has 3 nitrogen and oxygen atoms in total. The highest BCUT2D eigenvalue weighted by atomic mass is 16.3. The lowest BCUT2D eigenvalue weighted by atomic mass is 9.44. The van der Waals surface area contributed by atoms with Crippen molar-refractivity contribution >= 4 is 111 Å². The van der Waals surface area contributed by atoms with Crippen molar-refractivity contribution in [3.63, 3.8) is 0 Å². The first-order chi connectivity index (χ1) is 35.7. The van der Waals surface area contributed by atoms with Crippen LogP contribution in [0.5, 0.6) is 0 Å². The van der Waals surface area contributed by atoms with Crippen molar-refractivity contribution in [3.05, 3.63) is 234 Å². The summed E-state index contributed by atoms with van der Waals surface area (Å²) < 4.78 is 9.97. The van der Waals surface area contributed by atoms with E-state index in [9.17, 15) is 0 Å². The van der Waals surface area contributed by atoms with Gasteiger partial charge in [0.15, 0.2) is 0 Å². The molecule has 11 aromatic carbocycles. The normalized spacial score (nSPS) is 13.2. The Morgan fingerprint density at radius 3 is 1.79 bits per heavy atom. The minimum atomic E-state index is -0.182. The van der Waals surface area contributed by atoms with E-state index in [1.807, 2.05) is 0 Å². The number of para-hydroxylation sites is 2. The van der Waals surface area contributed by atoms with Gasteiger partial charge in [0.2, 0.25) is 0 Å². The second-order valence-corrected chi connectivity index (χ2v) is 22.2. The van der Waals surface area contributed by atoms with E-state index in [1.165, 1.54) is 127 Å². The maximum atomic E-state index is 7.25. The zero-order chi connectivity index (χ0) is 48.9. The van der Waals surface area contributed by atoms with Gasteiger partial charge in [0.1, 0.15) is 11.2 Å². The van der Waals surface area contributed by atoms with Crippen LogP contribution in [-0.2, 0) is 18.3 Å². The molecule has 4 heteroatoms. The van der Waals surface area contributed by atoms with E-state index in [2.05, 4.69) is 244 Å². The predicted molar refractivity (Wildman–Crippen MR) is 311 cm³/mol. The SMILES string of the molecule is CC(C)c1cc(N2c3cc4c(Cc5ccccc5)c5ccccc5c(Cc5ccccc5)c4cc3B3c4c2cc2c(oc5ccccc52)c4-c2cc4ccccc4c4c5ccccc5n3c24)cc(C(C)(C)C)c1. The molecule has 348 valence electrons. The van der Waals surface area contributed by atoms with E-state index in [0.717, 1.165) is 34.8 Å². The minimum absolute atomic E-state index is 0.0852. The Balaban J connectivity index is 1.17. The molecular weight excluding hydrogens is 884 g/mol. The zero-order valence-corrected chi connectivity index (χ0v) is 41.9. The molecule has 15 rings (SSSR count). The van der Waals surface area contributed by atoms with Crippen molar-refractivity contribution < 1.29 is 4.42 Å². The molecule has 0 radical (unpaired) electrons. The number of hydrogen-bond acceptors (Lipinski definition) is 2. The highest BCUT2D eigenvalue weighted by Crippen LogP contribution is 2.52. The Morgan fingerprint density at radius 1 is 0.521 bits per heavy atom. The number of hydrogen-bond donors (Lipinski definition) is 0. The molecule has 4 heterocycles. The largest absolute Gasteiger partial charge is 0.455 e. The third-order valence-corrected chi connectivity index (χ3v) is 16.5. The maximum Gasteiger partial charge on any atom is 0.333 e. The smallest absolute Gasteiger partial charge is 0.333 e. The van der Waals surface area contributed by atoms with Crippen LogP contribution in [0.15, 0.2) is 205 Å². The number of nitrogens with zero attached hydrogens (tertiary/aromatic N) is 2. The van der Waals surface area contributed by atoms with Gasteiger partial charge in [-0.2, -0.15) is 0 Å². The Morgan fingerprint density at radius 2 is 1.11 bits per heavy atom. The molecule has 2 aromatic heterocycles. The van der Waals surface area contributed by atoms with E-state index in [0.29, 0.717) is 5.92 Å². The van der Waals surface area contributed by atoms with Crippen molar-refractivity contribution in [2.75, 3.05) is 4.90 Å². The number of benzene rings is 11. The van der Waals surface area contributed by atoms with Crippen LogP contribution >= 0.6 is 0 Å². The first-order valence-electron chi connectivity index (χ1n) is 26.1. The monoisotopic (exact) mass is 936 g/mol. The van der Waals surface area contributed by atoms with Gasteiger partial charge in [-0.05, 0) is 143 Å². The average Bonchev–Trinajstić information content (AvgIpc) is 3.97. The number of fused-ring (bicyclic) bond motifs is 15. The van der Waals surface area contributed by atoms with Crippen molar-refractivity contribution in [3.8, 4) is 11.1 Å². The molecule has 0 spiro atoms. The first kappa shape index (κ1) is 42.4. The molecule has 0 N–H and O–H groups in total. The summed E-state index contributed by atoms with van der Waals surface area (Å²) in [5, 5.41) is 12.6. The molecule has 0 aliphatic carbocycles. The van der Waals surface area contributed by atoms with Crippen LogP contribution in [0.4, 0.5) is 17.1 Å². The van der Waals surface area contributed by atoms with Crippen LogP contribution in [0.3, 0.4) is 0 Å². The second-order valence-electron chi connectivity index (χ2n) is 22.2. The molecule has 0 saturated carbocycles. The summed E-state index contributed by atoms with van der Waals surface area (Å²) in [4.78, 5) is 2.67. The molecule has 0 saturated heterocycles. The van der Waals surface area contributed by atoms with Gasteiger partial charge in [-0.25, -0.2) is 0 Å². The van der Waals surface area contributed by atoms with Gasteiger partial charge >= 0.3 is 6.85 Å². The van der Waals surface area contributed by atoms with Crippen LogP contribution < -0.4 is 15.8 Å². The highest BCUT2D eigenvalue weighted by molar-refractivity contribution is 6.90. The van der Waals surface area contributed by atoms with Gasteiger partial charge in [0, 0.05) is 60.8 Å². The summed E-state index contributed by atoms with van der Waals surface area (Å²) in [5.41, 5.74) is 20.9.